The third-order valence-electron chi connectivity index (χ3n) is 6.30. The van der Waals surface area contributed by atoms with Gasteiger partial charge < -0.3 is 19.1 Å². The van der Waals surface area contributed by atoms with Crippen LogP contribution >= 0.6 is 0 Å². The van der Waals surface area contributed by atoms with Crippen LogP contribution in [0.5, 0.6) is 5.75 Å². The first-order valence-corrected chi connectivity index (χ1v) is 11.3. The molecule has 0 bridgehead atoms. The number of imidazole rings is 1. The van der Waals surface area contributed by atoms with Gasteiger partial charge in [-0.25, -0.2) is 4.98 Å². The largest absolute Gasteiger partial charge is 0.497 e. The number of rotatable bonds is 9. The number of carbonyl (C=O) groups is 1. The van der Waals surface area contributed by atoms with E-state index in [1.54, 1.807) is 19.6 Å². The van der Waals surface area contributed by atoms with E-state index in [4.69, 9.17) is 14.6 Å². The Morgan fingerprint density at radius 2 is 1.62 bits per heavy atom. The normalized spacial score (nSPS) is 13.3. The SMILES string of the molecule is COc1ccc(C2(OCCCn3cnc(CC(=O)O)c3)c3ccccc3-c3ccccc32)cc1. The molecule has 1 aliphatic carbocycles. The van der Waals surface area contributed by atoms with Crippen molar-refractivity contribution in [3.8, 4) is 16.9 Å². The highest BCUT2D eigenvalue weighted by Crippen LogP contribution is 2.53. The van der Waals surface area contributed by atoms with Gasteiger partial charge in [-0.2, -0.15) is 0 Å². The van der Waals surface area contributed by atoms with Crippen molar-refractivity contribution in [1.29, 1.82) is 0 Å². The maximum absolute atomic E-state index is 10.9. The van der Waals surface area contributed by atoms with E-state index in [2.05, 4.69) is 65.6 Å². The minimum Gasteiger partial charge on any atom is -0.497 e. The van der Waals surface area contributed by atoms with Crippen molar-refractivity contribution >= 4 is 5.97 Å². The molecule has 0 spiro atoms. The van der Waals surface area contributed by atoms with Gasteiger partial charge in [0.1, 0.15) is 11.4 Å². The Balaban J connectivity index is 1.45. The van der Waals surface area contributed by atoms with Crippen LogP contribution in [-0.2, 0) is 28.1 Å². The molecular weight excluding hydrogens is 428 g/mol. The molecule has 6 nitrogen and oxygen atoms in total. The fourth-order valence-electron chi connectivity index (χ4n) is 4.82. The molecule has 6 heteroatoms. The summed E-state index contributed by atoms with van der Waals surface area (Å²) in [6.07, 6.45) is 4.15. The van der Waals surface area contributed by atoms with Gasteiger partial charge in [0.2, 0.25) is 0 Å². The number of fused-ring (bicyclic) bond motifs is 3. The van der Waals surface area contributed by atoms with Crippen LogP contribution in [0, 0.1) is 0 Å². The predicted octanol–water partition coefficient (Wildman–Crippen LogP) is 4.90. The van der Waals surface area contributed by atoms with E-state index in [0.29, 0.717) is 18.8 Å². The molecule has 1 heterocycles. The van der Waals surface area contributed by atoms with Crippen LogP contribution in [-0.4, -0.2) is 34.3 Å². The van der Waals surface area contributed by atoms with E-state index in [1.165, 1.54) is 11.1 Å². The highest BCUT2D eigenvalue weighted by Gasteiger charge is 2.45. The highest BCUT2D eigenvalue weighted by atomic mass is 16.5. The summed E-state index contributed by atoms with van der Waals surface area (Å²) < 4.78 is 14.1. The van der Waals surface area contributed by atoms with Gasteiger partial charge in [-0.3, -0.25) is 4.79 Å². The van der Waals surface area contributed by atoms with Crippen LogP contribution in [0.3, 0.4) is 0 Å². The molecule has 0 amide bonds. The second kappa shape index (κ2) is 9.15. The van der Waals surface area contributed by atoms with Gasteiger partial charge in [-0.15, -0.1) is 0 Å². The van der Waals surface area contributed by atoms with E-state index < -0.39 is 11.6 Å². The molecule has 0 fully saturated rings. The monoisotopic (exact) mass is 454 g/mol. The summed E-state index contributed by atoms with van der Waals surface area (Å²) >= 11 is 0. The first kappa shape index (κ1) is 21.9. The minimum atomic E-state index is -0.881. The topological polar surface area (TPSA) is 73.6 Å². The number of aromatic nitrogens is 2. The van der Waals surface area contributed by atoms with Gasteiger partial charge in [-0.05, 0) is 35.2 Å². The summed E-state index contributed by atoms with van der Waals surface area (Å²) in [6, 6.07) is 24.9. The third-order valence-corrected chi connectivity index (χ3v) is 6.30. The van der Waals surface area contributed by atoms with Crippen molar-refractivity contribution in [2.45, 2.75) is 25.0 Å². The van der Waals surface area contributed by atoms with E-state index in [-0.39, 0.29) is 6.42 Å². The Hall–Kier alpha value is -3.90. The van der Waals surface area contributed by atoms with Crippen LogP contribution in [0.2, 0.25) is 0 Å². The fraction of sp³-hybridized carbons (Fsp3) is 0.214. The summed E-state index contributed by atoms with van der Waals surface area (Å²) in [5, 5.41) is 8.96. The first-order chi connectivity index (χ1) is 16.6. The number of nitrogens with zero attached hydrogens (tertiary/aromatic N) is 2. The molecule has 172 valence electrons. The maximum Gasteiger partial charge on any atom is 0.309 e. The molecule has 3 aromatic carbocycles. The van der Waals surface area contributed by atoms with Gasteiger partial charge in [0.15, 0.2) is 0 Å². The lowest BCUT2D eigenvalue weighted by Gasteiger charge is -2.33. The summed E-state index contributed by atoms with van der Waals surface area (Å²) in [5.41, 5.74) is 5.52. The molecule has 1 aromatic heterocycles. The fourth-order valence-corrected chi connectivity index (χ4v) is 4.82. The van der Waals surface area contributed by atoms with Crippen molar-refractivity contribution < 1.29 is 19.4 Å². The highest BCUT2D eigenvalue weighted by molar-refractivity contribution is 5.82. The lowest BCUT2D eigenvalue weighted by molar-refractivity contribution is -0.136. The summed E-state index contributed by atoms with van der Waals surface area (Å²) in [6.45, 7) is 1.20. The Labute approximate surface area is 198 Å². The quantitative estimate of drug-likeness (QED) is 0.364. The van der Waals surface area contributed by atoms with Gasteiger partial charge in [0.05, 0.1) is 32.2 Å². The van der Waals surface area contributed by atoms with Gasteiger partial charge in [0.25, 0.3) is 0 Å². The lowest BCUT2D eigenvalue weighted by atomic mass is 9.84. The number of aryl methyl sites for hydroxylation is 1. The van der Waals surface area contributed by atoms with Crippen molar-refractivity contribution in [1.82, 2.24) is 9.55 Å². The van der Waals surface area contributed by atoms with E-state index in [9.17, 15) is 4.79 Å². The zero-order chi connectivity index (χ0) is 23.5. The van der Waals surface area contributed by atoms with Crippen molar-refractivity contribution in [3.05, 3.63) is 108 Å². The van der Waals surface area contributed by atoms with Crippen LogP contribution in [0.25, 0.3) is 11.1 Å². The molecule has 0 saturated heterocycles. The summed E-state index contributed by atoms with van der Waals surface area (Å²) in [5.74, 6) is -0.0793. The number of methoxy groups -OCH3 is 1. The van der Waals surface area contributed by atoms with Crippen LogP contribution in [0.15, 0.2) is 85.3 Å². The second-order valence-corrected chi connectivity index (χ2v) is 8.38. The molecule has 0 radical (unpaired) electrons. The Bertz CT molecular complexity index is 1260. The maximum atomic E-state index is 10.9. The van der Waals surface area contributed by atoms with Crippen LogP contribution < -0.4 is 4.74 Å². The van der Waals surface area contributed by atoms with Crippen LogP contribution in [0.4, 0.5) is 0 Å². The Morgan fingerprint density at radius 3 is 2.24 bits per heavy atom. The Kier molecular flexibility index (Phi) is 5.90. The summed E-state index contributed by atoms with van der Waals surface area (Å²) in [7, 11) is 1.67. The lowest BCUT2D eigenvalue weighted by Crippen LogP contribution is -2.31. The molecule has 4 aromatic rings. The van der Waals surface area contributed by atoms with Gasteiger partial charge >= 0.3 is 5.97 Å². The van der Waals surface area contributed by atoms with Crippen molar-refractivity contribution in [2.24, 2.45) is 0 Å². The number of hydrogen-bond donors (Lipinski definition) is 1. The number of benzene rings is 3. The van der Waals surface area contributed by atoms with Crippen LogP contribution in [0.1, 0.15) is 28.8 Å². The molecule has 34 heavy (non-hydrogen) atoms. The minimum absolute atomic E-state index is 0.0718. The average Bonchev–Trinajstić information content (AvgIpc) is 3.42. The number of hydrogen-bond acceptors (Lipinski definition) is 4. The standard InChI is InChI=1S/C28H26N2O4/c1-33-22-13-11-20(12-14-22)28(34-16-6-15-30-18-21(29-19-30)17-27(31)32)25-9-4-2-7-23(25)24-8-3-5-10-26(24)28/h2-5,7-14,18-19H,6,15-17H2,1H3,(H,31,32). The smallest absolute Gasteiger partial charge is 0.309 e. The van der Waals surface area contributed by atoms with E-state index in [0.717, 1.165) is 28.9 Å². The Morgan fingerprint density at radius 1 is 0.971 bits per heavy atom. The second-order valence-electron chi connectivity index (χ2n) is 8.38. The molecule has 5 rings (SSSR count). The zero-order valence-electron chi connectivity index (χ0n) is 19.0. The van der Waals surface area contributed by atoms with Gasteiger partial charge in [0, 0.05) is 23.9 Å². The molecule has 0 saturated carbocycles. The van der Waals surface area contributed by atoms with E-state index in [1.807, 2.05) is 16.7 Å². The molecule has 0 atom stereocenters. The van der Waals surface area contributed by atoms with Gasteiger partial charge in [-0.1, -0.05) is 60.7 Å². The van der Waals surface area contributed by atoms with E-state index >= 15 is 0 Å². The number of carboxylic acid groups (broad SMARTS) is 1. The first-order valence-electron chi connectivity index (χ1n) is 11.3. The third kappa shape index (κ3) is 3.86. The molecule has 0 unspecified atom stereocenters. The average molecular weight is 455 g/mol. The molecule has 1 aliphatic rings. The number of aliphatic carboxylic acids is 1. The predicted molar refractivity (Wildman–Crippen MR) is 129 cm³/mol. The zero-order valence-corrected chi connectivity index (χ0v) is 19.0. The number of ether oxygens (including phenoxy) is 2. The van der Waals surface area contributed by atoms with Crippen molar-refractivity contribution in [2.75, 3.05) is 13.7 Å². The summed E-state index contributed by atoms with van der Waals surface area (Å²) in [4.78, 5) is 15.1. The number of carboxylic acids is 1. The molecular formula is C28H26N2O4. The van der Waals surface area contributed by atoms with Crippen molar-refractivity contribution in [3.63, 3.8) is 0 Å². The molecule has 0 aliphatic heterocycles. The molecule has 1 N–H and O–H groups in total.